The second-order valence-electron chi connectivity index (χ2n) is 7.21. The summed E-state index contributed by atoms with van der Waals surface area (Å²) in [6.45, 7) is 4.17. The summed E-state index contributed by atoms with van der Waals surface area (Å²) in [5.74, 6) is 0.615. The first-order chi connectivity index (χ1) is 12.7. The number of benzene rings is 1. The van der Waals surface area contributed by atoms with Gasteiger partial charge in [-0.2, -0.15) is 10.4 Å². The highest BCUT2D eigenvalue weighted by Gasteiger charge is 2.28. The zero-order valence-corrected chi connectivity index (χ0v) is 14.8. The monoisotopic (exact) mass is 349 g/mol. The minimum atomic E-state index is 0.0355. The summed E-state index contributed by atoms with van der Waals surface area (Å²) in [5.41, 5.74) is 3.54. The van der Waals surface area contributed by atoms with Crippen molar-refractivity contribution in [2.75, 3.05) is 26.2 Å². The zero-order valence-electron chi connectivity index (χ0n) is 14.8. The van der Waals surface area contributed by atoms with Gasteiger partial charge in [-0.3, -0.25) is 14.8 Å². The fraction of sp³-hybridized carbons (Fsp3) is 0.450. The molecule has 1 aromatic heterocycles. The van der Waals surface area contributed by atoms with E-state index in [1.807, 2.05) is 35.2 Å². The second kappa shape index (κ2) is 7.30. The van der Waals surface area contributed by atoms with Crippen LogP contribution in [0.15, 0.2) is 30.3 Å². The normalized spacial score (nSPS) is 18.3. The molecule has 2 aliphatic rings. The van der Waals surface area contributed by atoms with E-state index in [1.165, 1.54) is 18.4 Å². The average Bonchev–Trinajstić information content (AvgIpc) is 3.45. The highest BCUT2D eigenvalue weighted by molar-refractivity contribution is 5.92. The quantitative estimate of drug-likeness (QED) is 0.920. The summed E-state index contributed by atoms with van der Waals surface area (Å²) in [5, 5.41) is 16.1. The molecule has 0 atom stereocenters. The number of nitriles is 1. The fourth-order valence-corrected chi connectivity index (χ4v) is 3.49. The first-order valence-electron chi connectivity index (χ1n) is 9.29. The van der Waals surface area contributed by atoms with Crippen LogP contribution in [-0.4, -0.2) is 52.1 Å². The lowest BCUT2D eigenvalue weighted by Crippen LogP contribution is -2.35. The molecule has 0 unspecified atom stereocenters. The number of carbonyl (C=O) groups is 1. The van der Waals surface area contributed by atoms with Gasteiger partial charge in [0.15, 0.2) is 0 Å². The SMILES string of the molecule is N#Cc1ccc(CN2CCCN(C(=O)c3cc(C4CC4)[nH]n3)CC2)cc1. The molecule has 1 aromatic carbocycles. The van der Waals surface area contributed by atoms with E-state index < -0.39 is 0 Å². The summed E-state index contributed by atoms with van der Waals surface area (Å²) in [7, 11) is 0. The summed E-state index contributed by atoms with van der Waals surface area (Å²) < 4.78 is 0. The van der Waals surface area contributed by atoms with Gasteiger partial charge in [0.1, 0.15) is 5.69 Å². The van der Waals surface area contributed by atoms with Gasteiger partial charge in [0.25, 0.3) is 5.91 Å². The molecule has 0 bridgehead atoms. The molecule has 1 aliphatic heterocycles. The molecule has 1 saturated carbocycles. The van der Waals surface area contributed by atoms with E-state index >= 15 is 0 Å². The molecule has 2 heterocycles. The molecule has 1 N–H and O–H groups in total. The third-order valence-electron chi connectivity index (χ3n) is 5.20. The van der Waals surface area contributed by atoms with Crippen molar-refractivity contribution in [2.24, 2.45) is 0 Å². The van der Waals surface area contributed by atoms with E-state index in [4.69, 9.17) is 5.26 Å². The third-order valence-corrected chi connectivity index (χ3v) is 5.20. The summed E-state index contributed by atoms with van der Waals surface area (Å²) in [6.07, 6.45) is 3.36. The highest BCUT2D eigenvalue weighted by Crippen LogP contribution is 2.39. The van der Waals surface area contributed by atoms with Crippen LogP contribution in [-0.2, 0) is 6.54 Å². The van der Waals surface area contributed by atoms with Crippen LogP contribution in [0.5, 0.6) is 0 Å². The average molecular weight is 349 g/mol. The predicted molar refractivity (Wildman–Crippen MR) is 97.5 cm³/mol. The molecule has 1 aliphatic carbocycles. The van der Waals surface area contributed by atoms with Crippen LogP contribution in [0.4, 0.5) is 0 Å². The molecule has 6 heteroatoms. The van der Waals surface area contributed by atoms with E-state index in [9.17, 15) is 4.79 Å². The van der Waals surface area contributed by atoms with Crippen molar-refractivity contribution in [3.8, 4) is 6.07 Å². The lowest BCUT2D eigenvalue weighted by atomic mass is 10.1. The van der Waals surface area contributed by atoms with Gasteiger partial charge in [0.05, 0.1) is 11.6 Å². The Bertz CT molecular complexity index is 815. The molecular formula is C20H23N5O. The molecular weight excluding hydrogens is 326 g/mol. The topological polar surface area (TPSA) is 76.0 Å². The van der Waals surface area contributed by atoms with Crippen LogP contribution in [0.25, 0.3) is 0 Å². The van der Waals surface area contributed by atoms with Crippen molar-refractivity contribution >= 4 is 5.91 Å². The van der Waals surface area contributed by atoms with E-state index in [0.717, 1.165) is 44.8 Å². The van der Waals surface area contributed by atoms with Crippen LogP contribution in [0.1, 0.15) is 52.5 Å². The Morgan fingerprint density at radius 2 is 2.00 bits per heavy atom. The first-order valence-corrected chi connectivity index (χ1v) is 9.29. The van der Waals surface area contributed by atoms with Gasteiger partial charge in [-0.15, -0.1) is 0 Å². The highest BCUT2D eigenvalue weighted by atomic mass is 16.2. The largest absolute Gasteiger partial charge is 0.336 e. The van der Waals surface area contributed by atoms with Crippen molar-refractivity contribution in [2.45, 2.75) is 31.7 Å². The van der Waals surface area contributed by atoms with Gasteiger partial charge < -0.3 is 4.90 Å². The molecule has 4 rings (SSSR count). The number of H-pyrrole nitrogens is 1. The number of nitrogens with zero attached hydrogens (tertiary/aromatic N) is 4. The first kappa shape index (κ1) is 16.8. The minimum Gasteiger partial charge on any atom is -0.336 e. The van der Waals surface area contributed by atoms with E-state index in [1.54, 1.807) is 0 Å². The van der Waals surface area contributed by atoms with Gasteiger partial charge in [-0.25, -0.2) is 0 Å². The number of nitrogens with one attached hydrogen (secondary N) is 1. The number of aromatic amines is 1. The molecule has 1 amide bonds. The van der Waals surface area contributed by atoms with Crippen molar-refractivity contribution in [3.05, 3.63) is 52.8 Å². The van der Waals surface area contributed by atoms with Crippen molar-refractivity contribution in [1.29, 1.82) is 5.26 Å². The maximum atomic E-state index is 12.7. The molecule has 1 saturated heterocycles. The molecule has 26 heavy (non-hydrogen) atoms. The van der Waals surface area contributed by atoms with Crippen LogP contribution < -0.4 is 0 Å². The predicted octanol–water partition coefficient (Wildman–Crippen LogP) is 2.51. The molecule has 0 radical (unpaired) electrons. The third kappa shape index (κ3) is 3.78. The molecule has 134 valence electrons. The van der Waals surface area contributed by atoms with Gasteiger partial charge in [0, 0.05) is 44.3 Å². The van der Waals surface area contributed by atoms with Crippen LogP contribution in [0.3, 0.4) is 0 Å². The van der Waals surface area contributed by atoms with Crippen molar-refractivity contribution < 1.29 is 4.79 Å². The van der Waals surface area contributed by atoms with Gasteiger partial charge in [-0.05, 0) is 43.0 Å². The fourth-order valence-electron chi connectivity index (χ4n) is 3.49. The summed E-state index contributed by atoms with van der Waals surface area (Å²) in [6, 6.07) is 11.8. The summed E-state index contributed by atoms with van der Waals surface area (Å²) in [4.78, 5) is 17.0. The Morgan fingerprint density at radius 1 is 1.19 bits per heavy atom. The number of carbonyl (C=O) groups excluding carboxylic acids is 1. The maximum absolute atomic E-state index is 12.7. The lowest BCUT2D eigenvalue weighted by molar-refractivity contribution is 0.0755. The van der Waals surface area contributed by atoms with E-state index in [2.05, 4.69) is 21.2 Å². The number of amides is 1. The molecule has 2 aromatic rings. The maximum Gasteiger partial charge on any atom is 0.274 e. The number of hydrogen-bond acceptors (Lipinski definition) is 4. The van der Waals surface area contributed by atoms with Gasteiger partial charge in [-0.1, -0.05) is 12.1 Å². The van der Waals surface area contributed by atoms with Gasteiger partial charge in [0.2, 0.25) is 0 Å². The lowest BCUT2D eigenvalue weighted by Gasteiger charge is -2.21. The Balaban J connectivity index is 1.34. The van der Waals surface area contributed by atoms with Gasteiger partial charge >= 0.3 is 0 Å². The van der Waals surface area contributed by atoms with Crippen LogP contribution >= 0.6 is 0 Å². The van der Waals surface area contributed by atoms with Crippen molar-refractivity contribution in [3.63, 3.8) is 0 Å². The second-order valence-corrected chi connectivity index (χ2v) is 7.21. The number of hydrogen-bond donors (Lipinski definition) is 1. The van der Waals surface area contributed by atoms with Crippen LogP contribution in [0, 0.1) is 11.3 Å². The Morgan fingerprint density at radius 3 is 2.73 bits per heavy atom. The van der Waals surface area contributed by atoms with Crippen molar-refractivity contribution in [1.82, 2.24) is 20.0 Å². The molecule has 6 nitrogen and oxygen atoms in total. The standard InChI is InChI=1S/C20H23N5O/c21-13-15-2-4-16(5-3-15)14-24-8-1-9-25(11-10-24)20(26)19-12-18(22-23-19)17-6-7-17/h2-5,12,17H,1,6-11,14H2,(H,22,23). The molecule has 2 fully saturated rings. The zero-order chi connectivity index (χ0) is 17.9. The number of aromatic nitrogens is 2. The Hall–Kier alpha value is -2.65. The Labute approximate surface area is 153 Å². The minimum absolute atomic E-state index is 0.0355. The van der Waals surface area contributed by atoms with Crippen LogP contribution in [0.2, 0.25) is 0 Å². The van der Waals surface area contributed by atoms with E-state index in [0.29, 0.717) is 17.2 Å². The van der Waals surface area contributed by atoms with E-state index in [-0.39, 0.29) is 5.91 Å². The molecule has 0 spiro atoms. The smallest absolute Gasteiger partial charge is 0.274 e. The number of rotatable bonds is 4. The Kier molecular flexibility index (Phi) is 4.72. The summed E-state index contributed by atoms with van der Waals surface area (Å²) >= 11 is 0.